The van der Waals surface area contributed by atoms with E-state index >= 15 is 0 Å². The maximum absolute atomic E-state index is 11.9. The van der Waals surface area contributed by atoms with E-state index in [1.54, 1.807) is 4.68 Å². The van der Waals surface area contributed by atoms with Crippen molar-refractivity contribution in [2.75, 3.05) is 20.2 Å². The summed E-state index contributed by atoms with van der Waals surface area (Å²) < 4.78 is 5.93. The molecule has 0 unspecified atom stereocenters. The lowest BCUT2D eigenvalue weighted by molar-refractivity contribution is -0.147. The van der Waals surface area contributed by atoms with Crippen molar-refractivity contribution in [3.05, 3.63) is 11.9 Å². The predicted molar refractivity (Wildman–Crippen MR) is 67.5 cm³/mol. The van der Waals surface area contributed by atoms with E-state index in [-0.39, 0.29) is 11.7 Å². The van der Waals surface area contributed by atoms with E-state index in [4.69, 9.17) is 5.11 Å². The first-order valence-corrected chi connectivity index (χ1v) is 6.24. The molecule has 2 rings (SSSR count). The number of nitrogens with one attached hydrogen (secondary N) is 2. The molecule has 0 radical (unpaired) electrons. The molecule has 1 fully saturated rings. The minimum Gasteiger partial charge on any atom is -0.480 e. The molecule has 0 spiro atoms. The van der Waals surface area contributed by atoms with Gasteiger partial charge in [-0.05, 0) is 0 Å². The second-order valence-electron chi connectivity index (χ2n) is 4.54. The van der Waals surface area contributed by atoms with E-state index in [1.807, 2.05) is 0 Å². The Morgan fingerprint density at radius 2 is 2.29 bits per heavy atom. The Kier molecular flexibility index (Phi) is 4.48. The largest absolute Gasteiger partial charge is 0.480 e. The zero-order chi connectivity index (χ0) is 15.4. The van der Waals surface area contributed by atoms with Crippen LogP contribution >= 0.6 is 0 Å². The fourth-order valence-electron chi connectivity index (χ4n) is 1.70. The Hall–Kier alpha value is -2.49. The fraction of sp³-hybridized carbons (Fsp3) is 0.545. The lowest BCUT2D eigenvalue weighted by Crippen LogP contribution is -2.43. The van der Waals surface area contributed by atoms with Crippen molar-refractivity contribution in [1.29, 1.82) is 0 Å². The van der Waals surface area contributed by atoms with Gasteiger partial charge in [-0.15, -0.1) is 5.10 Å². The van der Waals surface area contributed by atoms with Crippen molar-refractivity contribution in [2.45, 2.75) is 18.5 Å². The standard InChI is InChI=1S/C11H15N5O5/c1-21-9(17)2-7(11(19)20)13-10(18)8-5-16(15-14-8)6-3-12-4-6/h5-7,12H,2-4H2,1H3,(H,13,18)(H,19,20)/t7-/m0/s1. The van der Waals surface area contributed by atoms with Crippen LogP contribution in [0.15, 0.2) is 6.20 Å². The second kappa shape index (κ2) is 6.31. The third kappa shape index (κ3) is 3.54. The minimum absolute atomic E-state index is 0.00184. The molecule has 1 aliphatic heterocycles. The molecule has 10 nitrogen and oxygen atoms in total. The summed E-state index contributed by atoms with van der Waals surface area (Å²) in [6, 6.07) is -1.23. The van der Waals surface area contributed by atoms with Crippen molar-refractivity contribution in [3.63, 3.8) is 0 Å². The number of carbonyl (C=O) groups is 3. The van der Waals surface area contributed by atoms with Gasteiger partial charge in [0.15, 0.2) is 5.69 Å². The summed E-state index contributed by atoms with van der Waals surface area (Å²) in [4.78, 5) is 34.0. The van der Waals surface area contributed by atoms with E-state index in [1.165, 1.54) is 6.20 Å². The Labute approximate surface area is 119 Å². The Balaban J connectivity index is 1.99. The molecular formula is C11H15N5O5. The molecule has 0 saturated carbocycles. The van der Waals surface area contributed by atoms with Gasteiger partial charge < -0.3 is 20.5 Å². The lowest BCUT2D eigenvalue weighted by Gasteiger charge is -2.26. The van der Waals surface area contributed by atoms with Crippen molar-refractivity contribution in [2.24, 2.45) is 0 Å². The smallest absolute Gasteiger partial charge is 0.326 e. The van der Waals surface area contributed by atoms with Crippen LogP contribution in [0.2, 0.25) is 0 Å². The number of nitrogens with zero attached hydrogens (tertiary/aromatic N) is 3. The molecule has 1 aromatic rings. The highest BCUT2D eigenvalue weighted by atomic mass is 16.5. The average molecular weight is 297 g/mol. The van der Waals surface area contributed by atoms with Crippen LogP contribution in [0.1, 0.15) is 23.0 Å². The van der Waals surface area contributed by atoms with Crippen LogP contribution in [0.3, 0.4) is 0 Å². The topological polar surface area (TPSA) is 135 Å². The number of hydrogen-bond donors (Lipinski definition) is 3. The monoisotopic (exact) mass is 297 g/mol. The van der Waals surface area contributed by atoms with Gasteiger partial charge in [0.05, 0.1) is 25.8 Å². The zero-order valence-electron chi connectivity index (χ0n) is 11.3. The number of aliphatic carboxylic acids is 1. The van der Waals surface area contributed by atoms with E-state index in [2.05, 4.69) is 25.7 Å². The molecule has 1 saturated heterocycles. The van der Waals surface area contributed by atoms with Crippen LogP contribution in [0.5, 0.6) is 0 Å². The van der Waals surface area contributed by atoms with Crippen LogP contribution in [0.25, 0.3) is 0 Å². The Morgan fingerprint density at radius 1 is 1.57 bits per heavy atom. The van der Waals surface area contributed by atoms with E-state index in [0.717, 1.165) is 20.2 Å². The highest BCUT2D eigenvalue weighted by molar-refractivity contribution is 5.95. The van der Waals surface area contributed by atoms with Crippen molar-refractivity contribution >= 4 is 17.8 Å². The molecule has 1 aliphatic rings. The number of esters is 1. The van der Waals surface area contributed by atoms with Gasteiger partial charge in [0.25, 0.3) is 5.91 Å². The number of aromatic nitrogens is 3. The van der Waals surface area contributed by atoms with Crippen molar-refractivity contribution in [3.8, 4) is 0 Å². The number of ether oxygens (including phenoxy) is 1. The first kappa shape index (κ1) is 14.9. The van der Waals surface area contributed by atoms with Crippen LogP contribution < -0.4 is 10.6 Å². The van der Waals surface area contributed by atoms with Crippen molar-refractivity contribution in [1.82, 2.24) is 25.6 Å². The Bertz CT molecular complexity index is 553. The van der Waals surface area contributed by atoms with Crippen molar-refractivity contribution < 1.29 is 24.2 Å². The SMILES string of the molecule is COC(=O)C[C@H](NC(=O)c1cn(C2CNC2)nn1)C(=O)O. The molecule has 0 aliphatic carbocycles. The van der Waals surface area contributed by atoms with Gasteiger partial charge in [-0.2, -0.15) is 0 Å². The summed E-state index contributed by atoms with van der Waals surface area (Å²) in [7, 11) is 1.14. The highest BCUT2D eigenvalue weighted by Crippen LogP contribution is 2.10. The number of amides is 1. The second-order valence-corrected chi connectivity index (χ2v) is 4.54. The highest BCUT2D eigenvalue weighted by Gasteiger charge is 2.26. The number of carbonyl (C=O) groups excluding carboxylic acids is 2. The van der Waals surface area contributed by atoms with Gasteiger partial charge in [-0.3, -0.25) is 9.59 Å². The van der Waals surface area contributed by atoms with E-state index < -0.39 is 30.3 Å². The average Bonchev–Trinajstić information content (AvgIpc) is 2.84. The molecule has 0 bridgehead atoms. The molecule has 3 N–H and O–H groups in total. The van der Waals surface area contributed by atoms with Gasteiger partial charge in [0.2, 0.25) is 0 Å². The molecule has 1 aromatic heterocycles. The van der Waals surface area contributed by atoms with Gasteiger partial charge in [0.1, 0.15) is 6.04 Å². The fourth-order valence-corrected chi connectivity index (χ4v) is 1.70. The molecule has 2 heterocycles. The summed E-state index contributed by atoms with van der Waals surface area (Å²) in [6.07, 6.45) is 0.982. The molecule has 21 heavy (non-hydrogen) atoms. The molecule has 1 atom stereocenters. The summed E-state index contributed by atoms with van der Waals surface area (Å²) in [6.45, 7) is 1.48. The number of carboxylic acid groups (broad SMARTS) is 1. The summed E-state index contributed by atoms with van der Waals surface area (Å²) in [5.74, 6) is -2.76. The zero-order valence-corrected chi connectivity index (χ0v) is 11.3. The van der Waals surface area contributed by atoms with Crippen LogP contribution in [0, 0.1) is 0 Å². The molecule has 1 amide bonds. The van der Waals surface area contributed by atoms with Crippen LogP contribution in [-0.4, -0.2) is 64.2 Å². The number of methoxy groups -OCH3 is 1. The summed E-state index contributed by atoms with van der Waals surface area (Å²) in [5, 5.41) is 21.8. The maximum atomic E-state index is 11.9. The molecular weight excluding hydrogens is 282 g/mol. The number of carboxylic acids is 1. The lowest BCUT2D eigenvalue weighted by atomic mass is 10.2. The number of rotatable bonds is 6. The normalized spacial score (nSPS) is 15.9. The van der Waals surface area contributed by atoms with Gasteiger partial charge in [0, 0.05) is 13.1 Å². The number of hydrogen-bond acceptors (Lipinski definition) is 7. The third-order valence-corrected chi connectivity index (χ3v) is 3.08. The third-order valence-electron chi connectivity index (χ3n) is 3.08. The van der Waals surface area contributed by atoms with E-state index in [9.17, 15) is 14.4 Å². The molecule has 0 aromatic carbocycles. The Morgan fingerprint density at radius 3 is 2.81 bits per heavy atom. The first-order chi connectivity index (χ1) is 10.0. The molecule has 114 valence electrons. The van der Waals surface area contributed by atoms with Gasteiger partial charge >= 0.3 is 11.9 Å². The summed E-state index contributed by atoms with van der Waals surface area (Å²) in [5.41, 5.74) is -0.00184. The van der Waals surface area contributed by atoms with Crippen LogP contribution in [-0.2, 0) is 14.3 Å². The van der Waals surface area contributed by atoms with Gasteiger partial charge in [-0.25, -0.2) is 9.48 Å². The van der Waals surface area contributed by atoms with E-state index in [0.29, 0.717) is 0 Å². The predicted octanol–water partition coefficient (Wildman–Crippen LogP) is -1.83. The van der Waals surface area contributed by atoms with Gasteiger partial charge in [-0.1, -0.05) is 5.21 Å². The summed E-state index contributed by atoms with van der Waals surface area (Å²) >= 11 is 0. The molecule has 10 heteroatoms. The maximum Gasteiger partial charge on any atom is 0.326 e. The first-order valence-electron chi connectivity index (χ1n) is 6.24. The minimum atomic E-state index is -1.37. The van der Waals surface area contributed by atoms with Crippen LogP contribution in [0.4, 0.5) is 0 Å². The quantitative estimate of drug-likeness (QED) is 0.522.